The van der Waals surface area contributed by atoms with E-state index < -0.39 is 17.7 Å². The number of rotatable bonds is 4. The quantitative estimate of drug-likeness (QED) is 0.880. The number of aryl methyl sites for hydroxylation is 2. The number of benzene rings is 2. The van der Waals surface area contributed by atoms with Crippen LogP contribution in [-0.4, -0.2) is 6.54 Å². The van der Waals surface area contributed by atoms with E-state index in [0.717, 1.165) is 6.07 Å². The van der Waals surface area contributed by atoms with Gasteiger partial charge in [-0.15, -0.1) is 0 Å². The second-order valence-corrected chi connectivity index (χ2v) is 5.12. The number of nitrogens with one attached hydrogen (secondary N) is 1. The predicted molar refractivity (Wildman–Crippen MR) is 77.8 cm³/mol. The molecule has 1 atom stereocenters. The highest BCUT2D eigenvalue weighted by Crippen LogP contribution is 2.27. The van der Waals surface area contributed by atoms with Crippen LogP contribution in [0.4, 0.5) is 13.2 Å². The number of halogens is 3. The summed E-state index contributed by atoms with van der Waals surface area (Å²) in [5.41, 5.74) is 1.83. The molecule has 0 saturated carbocycles. The Morgan fingerprint density at radius 3 is 2.19 bits per heavy atom. The van der Waals surface area contributed by atoms with Crippen molar-refractivity contribution in [3.63, 3.8) is 0 Å². The lowest BCUT2D eigenvalue weighted by atomic mass is 9.95. The van der Waals surface area contributed by atoms with Crippen LogP contribution in [0, 0.1) is 31.3 Å². The van der Waals surface area contributed by atoms with Gasteiger partial charge in [-0.05, 0) is 49.2 Å². The minimum absolute atomic E-state index is 0.319. The molecule has 2 aromatic carbocycles. The van der Waals surface area contributed by atoms with E-state index in [-0.39, 0.29) is 5.82 Å². The van der Waals surface area contributed by atoms with Crippen LogP contribution in [0.15, 0.2) is 30.3 Å². The van der Waals surface area contributed by atoms with Gasteiger partial charge in [0.05, 0.1) is 6.04 Å². The maximum atomic E-state index is 14.1. The van der Waals surface area contributed by atoms with Gasteiger partial charge >= 0.3 is 0 Å². The molecule has 112 valence electrons. The lowest BCUT2D eigenvalue weighted by Crippen LogP contribution is -2.23. The van der Waals surface area contributed by atoms with Gasteiger partial charge in [0.1, 0.15) is 17.5 Å². The molecular weight excluding hydrogens is 275 g/mol. The first-order valence-corrected chi connectivity index (χ1v) is 6.89. The van der Waals surface area contributed by atoms with Crippen molar-refractivity contribution in [2.45, 2.75) is 26.8 Å². The molecule has 0 fully saturated rings. The molecule has 4 heteroatoms. The van der Waals surface area contributed by atoms with Crippen LogP contribution in [0.1, 0.15) is 35.2 Å². The molecule has 1 nitrogen and oxygen atoms in total. The lowest BCUT2D eigenvalue weighted by molar-refractivity contribution is 0.535. The van der Waals surface area contributed by atoms with Gasteiger partial charge < -0.3 is 5.32 Å². The maximum absolute atomic E-state index is 14.1. The Morgan fingerprint density at radius 2 is 1.57 bits per heavy atom. The van der Waals surface area contributed by atoms with Gasteiger partial charge in [0.15, 0.2) is 0 Å². The molecule has 0 heterocycles. The third-order valence-corrected chi connectivity index (χ3v) is 3.53. The molecule has 2 aromatic rings. The van der Waals surface area contributed by atoms with Crippen molar-refractivity contribution in [1.29, 1.82) is 0 Å². The van der Waals surface area contributed by atoms with E-state index in [9.17, 15) is 13.2 Å². The van der Waals surface area contributed by atoms with Crippen LogP contribution in [0.2, 0.25) is 0 Å². The van der Waals surface area contributed by atoms with Gasteiger partial charge in [0.2, 0.25) is 0 Å². The molecule has 1 N–H and O–H groups in total. The van der Waals surface area contributed by atoms with Crippen molar-refractivity contribution in [1.82, 2.24) is 5.32 Å². The smallest absolute Gasteiger partial charge is 0.131 e. The summed E-state index contributed by atoms with van der Waals surface area (Å²) in [4.78, 5) is 0. The Hall–Kier alpha value is -1.81. The summed E-state index contributed by atoms with van der Waals surface area (Å²) in [5, 5.41) is 3.12. The van der Waals surface area contributed by atoms with E-state index >= 15 is 0 Å². The van der Waals surface area contributed by atoms with Crippen molar-refractivity contribution < 1.29 is 13.2 Å². The first-order chi connectivity index (χ1) is 9.93. The summed E-state index contributed by atoms with van der Waals surface area (Å²) in [6, 6.07) is 6.63. The van der Waals surface area contributed by atoms with Gasteiger partial charge in [0, 0.05) is 11.6 Å². The Balaban J connectivity index is 2.52. The molecule has 0 aliphatic rings. The normalized spacial score (nSPS) is 12.5. The molecule has 0 saturated heterocycles. The Bertz CT molecular complexity index is 653. The lowest BCUT2D eigenvalue weighted by Gasteiger charge is -2.20. The number of hydrogen-bond donors (Lipinski definition) is 1. The van der Waals surface area contributed by atoms with Crippen LogP contribution in [-0.2, 0) is 0 Å². The monoisotopic (exact) mass is 293 g/mol. The Kier molecular flexibility index (Phi) is 4.68. The summed E-state index contributed by atoms with van der Waals surface area (Å²) in [6.45, 7) is 5.71. The van der Waals surface area contributed by atoms with Crippen molar-refractivity contribution in [2.75, 3.05) is 6.54 Å². The van der Waals surface area contributed by atoms with E-state index in [1.807, 2.05) is 6.92 Å². The fraction of sp³-hybridized carbons (Fsp3) is 0.294. The Labute approximate surface area is 122 Å². The maximum Gasteiger partial charge on any atom is 0.131 e. The molecule has 0 aromatic heterocycles. The van der Waals surface area contributed by atoms with Crippen LogP contribution in [0.3, 0.4) is 0 Å². The third kappa shape index (κ3) is 3.27. The molecular formula is C17H18F3N. The zero-order valence-corrected chi connectivity index (χ0v) is 12.3. The summed E-state index contributed by atoms with van der Waals surface area (Å²) >= 11 is 0. The average molecular weight is 293 g/mol. The van der Waals surface area contributed by atoms with Gasteiger partial charge in [-0.2, -0.15) is 0 Å². The molecule has 0 aliphatic carbocycles. The second kappa shape index (κ2) is 6.31. The van der Waals surface area contributed by atoms with E-state index in [4.69, 9.17) is 0 Å². The molecule has 2 rings (SSSR count). The summed E-state index contributed by atoms with van der Waals surface area (Å²) in [5.74, 6) is -1.55. The third-order valence-electron chi connectivity index (χ3n) is 3.53. The molecule has 0 spiro atoms. The SMILES string of the molecule is CCNC(c1ccc(C)c(F)c1)c1cc(C)c(F)cc1F. The van der Waals surface area contributed by atoms with Gasteiger partial charge in [0.25, 0.3) is 0 Å². The number of hydrogen-bond acceptors (Lipinski definition) is 1. The molecule has 0 bridgehead atoms. The van der Waals surface area contributed by atoms with Crippen LogP contribution in [0.5, 0.6) is 0 Å². The standard InChI is InChI=1S/C17H18F3N/c1-4-21-17(12-6-5-10(2)14(18)8-12)13-7-11(3)15(19)9-16(13)20/h5-9,17,21H,4H2,1-3H3. The van der Waals surface area contributed by atoms with E-state index in [0.29, 0.717) is 28.8 Å². The summed E-state index contributed by atoms with van der Waals surface area (Å²) < 4.78 is 41.3. The molecule has 0 radical (unpaired) electrons. The first-order valence-electron chi connectivity index (χ1n) is 6.89. The first kappa shape index (κ1) is 15.6. The molecule has 1 unspecified atom stereocenters. The molecule has 21 heavy (non-hydrogen) atoms. The summed E-state index contributed by atoms with van der Waals surface area (Å²) in [7, 11) is 0. The van der Waals surface area contributed by atoms with Crippen molar-refractivity contribution >= 4 is 0 Å². The van der Waals surface area contributed by atoms with E-state index in [1.165, 1.54) is 12.1 Å². The van der Waals surface area contributed by atoms with Crippen LogP contribution in [0.25, 0.3) is 0 Å². The predicted octanol–water partition coefficient (Wildman–Crippen LogP) is 4.42. The second-order valence-electron chi connectivity index (χ2n) is 5.12. The van der Waals surface area contributed by atoms with Crippen molar-refractivity contribution in [2.24, 2.45) is 0 Å². The zero-order valence-electron chi connectivity index (χ0n) is 12.3. The Morgan fingerprint density at radius 1 is 0.905 bits per heavy atom. The average Bonchev–Trinajstić information content (AvgIpc) is 2.44. The van der Waals surface area contributed by atoms with E-state index in [1.54, 1.807) is 26.0 Å². The highest BCUT2D eigenvalue weighted by Gasteiger charge is 2.19. The van der Waals surface area contributed by atoms with Crippen LogP contribution < -0.4 is 5.32 Å². The molecule has 0 aliphatic heterocycles. The fourth-order valence-corrected chi connectivity index (χ4v) is 2.30. The topological polar surface area (TPSA) is 12.0 Å². The van der Waals surface area contributed by atoms with Gasteiger partial charge in [-0.3, -0.25) is 0 Å². The van der Waals surface area contributed by atoms with Crippen molar-refractivity contribution in [3.8, 4) is 0 Å². The minimum atomic E-state index is -0.634. The van der Waals surface area contributed by atoms with Crippen molar-refractivity contribution in [3.05, 3.63) is 70.0 Å². The highest BCUT2D eigenvalue weighted by molar-refractivity contribution is 5.37. The van der Waals surface area contributed by atoms with Crippen LogP contribution >= 0.6 is 0 Å². The fourth-order valence-electron chi connectivity index (χ4n) is 2.30. The van der Waals surface area contributed by atoms with E-state index in [2.05, 4.69) is 5.32 Å². The minimum Gasteiger partial charge on any atom is -0.306 e. The summed E-state index contributed by atoms with van der Waals surface area (Å²) in [6.07, 6.45) is 0. The highest BCUT2D eigenvalue weighted by atomic mass is 19.1. The molecule has 0 amide bonds. The van der Waals surface area contributed by atoms with Gasteiger partial charge in [-0.1, -0.05) is 19.1 Å². The zero-order chi connectivity index (χ0) is 15.6. The largest absolute Gasteiger partial charge is 0.306 e. The van der Waals surface area contributed by atoms with Gasteiger partial charge in [-0.25, -0.2) is 13.2 Å².